The zero-order valence-corrected chi connectivity index (χ0v) is 9.79. The lowest BCUT2D eigenvalue weighted by Gasteiger charge is -2.07. The molecule has 1 saturated carbocycles. The molecule has 0 heterocycles. The number of nitrogens with two attached hydrogens (primary N) is 1. The van der Waals surface area contributed by atoms with Gasteiger partial charge in [0.05, 0.1) is 5.56 Å². The van der Waals surface area contributed by atoms with Crippen molar-refractivity contribution in [3.63, 3.8) is 0 Å². The summed E-state index contributed by atoms with van der Waals surface area (Å²) in [5.74, 6) is 1.36. The molecule has 16 heavy (non-hydrogen) atoms. The first-order valence-corrected chi connectivity index (χ1v) is 5.72. The predicted molar refractivity (Wildman–Crippen MR) is 65.2 cm³/mol. The van der Waals surface area contributed by atoms with E-state index in [4.69, 9.17) is 5.73 Å². The van der Waals surface area contributed by atoms with Gasteiger partial charge in [0.25, 0.3) is 5.91 Å². The van der Waals surface area contributed by atoms with E-state index in [-0.39, 0.29) is 5.91 Å². The Bertz CT molecular complexity index is 414. The van der Waals surface area contributed by atoms with E-state index in [9.17, 15) is 4.79 Å². The van der Waals surface area contributed by atoms with Crippen molar-refractivity contribution in [1.29, 1.82) is 0 Å². The van der Waals surface area contributed by atoms with Gasteiger partial charge >= 0.3 is 0 Å². The molecule has 0 aromatic heterocycles. The maximum Gasteiger partial charge on any atom is 0.253 e. The molecule has 0 spiro atoms. The molecular formula is C13H18N2O. The highest BCUT2D eigenvalue weighted by molar-refractivity contribution is 5.99. The van der Waals surface area contributed by atoms with Crippen LogP contribution in [0, 0.1) is 18.8 Å². The molecule has 1 aromatic rings. The first kappa shape index (κ1) is 11.0. The van der Waals surface area contributed by atoms with Crippen molar-refractivity contribution in [2.75, 3.05) is 12.3 Å². The number of aryl methyl sites for hydroxylation is 1. The first-order valence-electron chi connectivity index (χ1n) is 5.72. The summed E-state index contributed by atoms with van der Waals surface area (Å²) in [4.78, 5) is 11.8. The molecule has 0 saturated heterocycles. The van der Waals surface area contributed by atoms with Crippen molar-refractivity contribution in [2.24, 2.45) is 11.8 Å². The number of nitrogen functional groups attached to an aromatic ring is 1. The molecule has 0 radical (unpaired) electrons. The third-order valence-corrected chi connectivity index (χ3v) is 3.25. The zero-order chi connectivity index (χ0) is 11.7. The fourth-order valence-corrected chi connectivity index (χ4v) is 1.89. The molecule has 3 heteroatoms. The highest BCUT2D eigenvalue weighted by atomic mass is 16.1. The Hall–Kier alpha value is -1.51. The van der Waals surface area contributed by atoms with Gasteiger partial charge in [-0.3, -0.25) is 4.79 Å². The molecule has 0 bridgehead atoms. The van der Waals surface area contributed by atoms with Crippen LogP contribution in [-0.2, 0) is 0 Å². The molecule has 0 aliphatic heterocycles. The van der Waals surface area contributed by atoms with Crippen molar-refractivity contribution in [2.45, 2.75) is 20.3 Å². The number of nitrogens with one attached hydrogen (secondary N) is 1. The van der Waals surface area contributed by atoms with E-state index in [0.29, 0.717) is 17.2 Å². The van der Waals surface area contributed by atoms with Crippen molar-refractivity contribution >= 4 is 11.6 Å². The fourth-order valence-electron chi connectivity index (χ4n) is 1.89. The van der Waals surface area contributed by atoms with Crippen LogP contribution in [0.4, 0.5) is 5.69 Å². The van der Waals surface area contributed by atoms with E-state index >= 15 is 0 Å². The Morgan fingerprint density at radius 2 is 2.25 bits per heavy atom. The van der Waals surface area contributed by atoms with Crippen LogP contribution < -0.4 is 11.1 Å². The summed E-state index contributed by atoms with van der Waals surface area (Å²) in [6.45, 7) is 4.94. The number of rotatable bonds is 3. The molecule has 86 valence electrons. The highest BCUT2D eigenvalue weighted by Crippen LogP contribution is 2.36. The minimum absolute atomic E-state index is 0.0587. The monoisotopic (exact) mass is 218 g/mol. The number of carbonyl (C=O) groups excluding carboxylic acids is 1. The van der Waals surface area contributed by atoms with Crippen LogP contribution in [0.3, 0.4) is 0 Å². The van der Waals surface area contributed by atoms with Gasteiger partial charge in [0.15, 0.2) is 0 Å². The van der Waals surface area contributed by atoms with Gasteiger partial charge in [-0.1, -0.05) is 13.0 Å². The summed E-state index contributed by atoms with van der Waals surface area (Å²) < 4.78 is 0. The van der Waals surface area contributed by atoms with E-state index in [0.717, 1.165) is 18.0 Å². The van der Waals surface area contributed by atoms with Crippen molar-refractivity contribution < 1.29 is 4.79 Å². The maximum atomic E-state index is 11.8. The Morgan fingerprint density at radius 1 is 1.56 bits per heavy atom. The quantitative estimate of drug-likeness (QED) is 0.762. The number of benzene rings is 1. The summed E-state index contributed by atoms with van der Waals surface area (Å²) in [7, 11) is 0. The van der Waals surface area contributed by atoms with E-state index in [2.05, 4.69) is 12.2 Å². The van der Waals surface area contributed by atoms with Crippen LogP contribution >= 0.6 is 0 Å². The van der Waals surface area contributed by atoms with Gasteiger partial charge in [-0.25, -0.2) is 0 Å². The number of carbonyl (C=O) groups is 1. The number of amides is 1. The summed E-state index contributed by atoms with van der Waals surface area (Å²) in [6, 6.07) is 5.52. The second kappa shape index (κ2) is 4.16. The zero-order valence-electron chi connectivity index (χ0n) is 9.79. The molecule has 3 nitrogen and oxygen atoms in total. The second-order valence-electron chi connectivity index (χ2n) is 4.77. The summed E-state index contributed by atoms with van der Waals surface area (Å²) in [5.41, 5.74) is 8.02. The molecule has 1 fully saturated rings. The smallest absolute Gasteiger partial charge is 0.253 e. The van der Waals surface area contributed by atoms with E-state index < -0.39 is 0 Å². The third kappa shape index (κ3) is 2.35. The molecular weight excluding hydrogens is 200 g/mol. The normalized spacial score (nSPS) is 22.9. The van der Waals surface area contributed by atoms with Crippen LogP contribution in [-0.4, -0.2) is 12.5 Å². The summed E-state index contributed by atoms with van der Waals surface area (Å²) in [5, 5.41) is 2.93. The van der Waals surface area contributed by atoms with Crippen LogP contribution in [0.2, 0.25) is 0 Å². The molecule has 3 N–H and O–H groups in total. The number of hydrogen-bond acceptors (Lipinski definition) is 2. The van der Waals surface area contributed by atoms with Gasteiger partial charge in [-0.05, 0) is 42.9 Å². The molecule has 1 aliphatic rings. The van der Waals surface area contributed by atoms with E-state index in [1.54, 1.807) is 6.07 Å². The van der Waals surface area contributed by atoms with Gasteiger partial charge in [0.1, 0.15) is 0 Å². The first-order chi connectivity index (χ1) is 7.58. The predicted octanol–water partition coefficient (Wildman–Crippen LogP) is 1.96. The van der Waals surface area contributed by atoms with Gasteiger partial charge in [-0.15, -0.1) is 0 Å². The average molecular weight is 218 g/mol. The largest absolute Gasteiger partial charge is 0.398 e. The Balaban J connectivity index is 1.97. The lowest BCUT2D eigenvalue weighted by molar-refractivity contribution is 0.0952. The van der Waals surface area contributed by atoms with Crippen molar-refractivity contribution in [1.82, 2.24) is 5.32 Å². The van der Waals surface area contributed by atoms with Crippen molar-refractivity contribution in [3.8, 4) is 0 Å². The molecule has 1 aliphatic carbocycles. The standard InChI is InChI=1S/C13H18N2O/c1-8-3-4-11(12(14)5-8)13(16)15-7-10-6-9(10)2/h3-5,9-10H,6-7,14H2,1-2H3,(H,15,16). The van der Waals surface area contributed by atoms with Gasteiger partial charge in [-0.2, -0.15) is 0 Å². The van der Waals surface area contributed by atoms with Crippen molar-refractivity contribution in [3.05, 3.63) is 29.3 Å². The number of anilines is 1. The molecule has 2 rings (SSSR count). The fraction of sp³-hybridized carbons (Fsp3) is 0.462. The van der Waals surface area contributed by atoms with Gasteiger partial charge < -0.3 is 11.1 Å². The average Bonchev–Trinajstić information content (AvgIpc) is 2.91. The van der Waals surface area contributed by atoms with Gasteiger partial charge in [0, 0.05) is 12.2 Å². The lowest BCUT2D eigenvalue weighted by Crippen LogP contribution is -2.26. The van der Waals surface area contributed by atoms with Crippen LogP contribution in [0.5, 0.6) is 0 Å². The number of hydrogen-bond donors (Lipinski definition) is 2. The SMILES string of the molecule is Cc1ccc(C(=O)NCC2CC2C)c(N)c1. The Morgan fingerprint density at radius 3 is 2.81 bits per heavy atom. The second-order valence-corrected chi connectivity index (χ2v) is 4.77. The summed E-state index contributed by atoms with van der Waals surface area (Å²) >= 11 is 0. The molecule has 1 aromatic carbocycles. The molecule has 1 amide bonds. The molecule has 2 unspecified atom stereocenters. The molecule has 2 atom stereocenters. The highest BCUT2D eigenvalue weighted by Gasteiger charge is 2.32. The minimum atomic E-state index is -0.0587. The summed E-state index contributed by atoms with van der Waals surface area (Å²) in [6.07, 6.45) is 1.23. The van der Waals surface area contributed by atoms with E-state index in [1.807, 2.05) is 19.1 Å². The van der Waals surface area contributed by atoms with Crippen LogP contribution in [0.25, 0.3) is 0 Å². The van der Waals surface area contributed by atoms with Gasteiger partial charge in [0.2, 0.25) is 0 Å². The Labute approximate surface area is 96.0 Å². The van der Waals surface area contributed by atoms with Crippen LogP contribution in [0.1, 0.15) is 29.3 Å². The Kier molecular flexibility index (Phi) is 2.86. The minimum Gasteiger partial charge on any atom is -0.398 e. The van der Waals surface area contributed by atoms with Crippen LogP contribution in [0.15, 0.2) is 18.2 Å². The lowest BCUT2D eigenvalue weighted by atomic mass is 10.1. The third-order valence-electron chi connectivity index (χ3n) is 3.25. The maximum absolute atomic E-state index is 11.8. The van der Waals surface area contributed by atoms with E-state index in [1.165, 1.54) is 6.42 Å². The topological polar surface area (TPSA) is 55.1 Å².